The minimum atomic E-state index is -1.02. The predicted molar refractivity (Wildman–Crippen MR) is 77.4 cm³/mol. The molecule has 0 fully saturated rings. The molecule has 0 bridgehead atoms. The lowest BCUT2D eigenvalue weighted by molar-refractivity contribution is -0.142. The van der Waals surface area contributed by atoms with Crippen molar-refractivity contribution in [2.45, 2.75) is 26.3 Å². The molecule has 19 heavy (non-hydrogen) atoms. The Bertz CT molecular complexity index is 484. The van der Waals surface area contributed by atoms with Gasteiger partial charge in [0, 0.05) is 11.0 Å². The van der Waals surface area contributed by atoms with Crippen LogP contribution in [0.1, 0.15) is 25.1 Å². The van der Waals surface area contributed by atoms with E-state index < -0.39 is 17.9 Å². The molecule has 0 aliphatic carbocycles. The van der Waals surface area contributed by atoms with E-state index in [4.69, 9.17) is 16.7 Å². The monoisotopic (exact) mass is 301 g/mol. The van der Waals surface area contributed by atoms with Gasteiger partial charge in [-0.2, -0.15) is 0 Å². The average molecular weight is 302 g/mol. The number of carboxylic acids is 1. The summed E-state index contributed by atoms with van der Waals surface area (Å²) < 4.78 is 0.642. The molecule has 1 aromatic rings. The summed E-state index contributed by atoms with van der Waals surface area (Å²) in [5, 5.41) is 11.5. The van der Waals surface area contributed by atoms with Crippen molar-refractivity contribution in [3.63, 3.8) is 0 Å². The van der Waals surface area contributed by atoms with E-state index in [1.807, 2.05) is 6.92 Å². The number of hydrogen-bond donors (Lipinski definition) is 2. The molecule has 2 atom stereocenters. The molecule has 0 saturated carbocycles. The Morgan fingerprint density at radius 1 is 1.53 bits per heavy atom. The van der Waals surface area contributed by atoms with Gasteiger partial charge in [-0.15, -0.1) is 11.3 Å². The standard InChI is InChI=1S/C13H16ClNO3S/c1-3-8(2)12(13(17)18)15-11(16)7-5-9-4-6-10(14)19-9/h4-8,12H,3H2,1-2H3,(H,15,16)(H,17,18)/b7-5+/t8-,12-/m0/s1. The van der Waals surface area contributed by atoms with Gasteiger partial charge in [0.05, 0.1) is 4.34 Å². The smallest absolute Gasteiger partial charge is 0.326 e. The highest BCUT2D eigenvalue weighted by Crippen LogP contribution is 2.22. The number of amides is 1. The molecule has 6 heteroatoms. The van der Waals surface area contributed by atoms with Gasteiger partial charge in [-0.3, -0.25) is 4.79 Å². The van der Waals surface area contributed by atoms with Crippen molar-refractivity contribution in [2.24, 2.45) is 5.92 Å². The maximum absolute atomic E-state index is 11.7. The van der Waals surface area contributed by atoms with E-state index in [1.165, 1.54) is 17.4 Å². The lowest BCUT2D eigenvalue weighted by Gasteiger charge is -2.19. The summed E-state index contributed by atoms with van der Waals surface area (Å²) in [6, 6.07) is 2.66. The largest absolute Gasteiger partial charge is 0.480 e. The van der Waals surface area contributed by atoms with Crippen molar-refractivity contribution >= 4 is 40.9 Å². The summed E-state index contributed by atoms with van der Waals surface area (Å²) >= 11 is 7.12. The third-order valence-corrected chi connectivity index (χ3v) is 3.97. The van der Waals surface area contributed by atoms with Crippen molar-refractivity contribution in [3.05, 3.63) is 27.4 Å². The van der Waals surface area contributed by atoms with Gasteiger partial charge in [0.2, 0.25) is 5.91 Å². The van der Waals surface area contributed by atoms with Gasteiger partial charge in [0.15, 0.2) is 0 Å². The molecule has 0 spiro atoms. The van der Waals surface area contributed by atoms with Crippen LogP contribution in [0.3, 0.4) is 0 Å². The van der Waals surface area contributed by atoms with Crippen LogP contribution >= 0.6 is 22.9 Å². The molecular formula is C13H16ClNO3S. The summed E-state index contributed by atoms with van der Waals surface area (Å²) in [4.78, 5) is 23.6. The Morgan fingerprint density at radius 3 is 2.68 bits per heavy atom. The van der Waals surface area contributed by atoms with Crippen molar-refractivity contribution in [3.8, 4) is 0 Å². The van der Waals surface area contributed by atoms with Crippen LogP contribution in [0, 0.1) is 5.92 Å². The van der Waals surface area contributed by atoms with Crippen LogP contribution in [0.25, 0.3) is 6.08 Å². The molecule has 1 heterocycles. The molecule has 0 aliphatic heterocycles. The maximum Gasteiger partial charge on any atom is 0.326 e. The van der Waals surface area contributed by atoms with Crippen molar-refractivity contribution in [1.82, 2.24) is 5.32 Å². The lowest BCUT2D eigenvalue weighted by Crippen LogP contribution is -2.44. The van der Waals surface area contributed by atoms with E-state index in [9.17, 15) is 9.59 Å². The van der Waals surface area contributed by atoms with E-state index in [1.54, 1.807) is 25.1 Å². The number of halogens is 1. The molecular weight excluding hydrogens is 286 g/mol. The van der Waals surface area contributed by atoms with Gasteiger partial charge >= 0.3 is 5.97 Å². The van der Waals surface area contributed by atoms with Gasteiger partial charge in [0.25, 0.3) is 0 Å². The van der Waals surface area contributed by atoms with Gasteiger partial charge in [-0.05, 0) is 24.1 Å². The molecule has 0 radical (unpaired) electrons. The molecule has 1 aromatic heterocycles. The fraction of sp³-hybridized carbons (Fsp3) is 0.385. The number of aliphatic carboxylic acids is 1. The first kappa shape index (κ1) is 15.7. The second-order valence-electron chi connectivity index (χ2n) is 4.19. The van der Waals surface area contributed by atoms with Crippen LogP contribution < -0.4 is 5.32 Å². The number of carboxylic acid groups (broad SMARTS) is 1. The van der Waals surface area contributed by atoms with E-state index in [2.05, 4.69) is 5.32 Å². The summed E-state index contributed by atoms with van der Waals surface area (Å²) in [6.45, 7) is 3.68. The maximum atomic E-state index is 11.7. The number of hydrogen-bond acceptors (Lipinski definition) is 3. The van der Waals surface area contributed by atoms with Gasteiger partial charge < -0.3 is 10.4 Å². The number of carbonyl (C=O) groups excluding carboxylic acids is 1. The Balaban J connectivity index is 2.62. The zero-order valence-corrected chi connectivity index (χ0v) is 12.3. The van der Waals surface area contributed by atoms with Crippen molar-refractivity contribution < 1.29 is 14.7 Å². The summed E-state index contributed by atoms with van der Waals surface area (Å²) in [5.41, 5.74) is 0. The van der Waals surface area contributed by atoms with Gasteiger partial charge in [-0.25, -0.2) is 4.79 Å². The van der Waals surface area contributed by atoms with E-state index in [-0.39, 0.29) is 5.92 Å². The first-order valence-electron chi connectivity index (χ1n) is 5.90. The Morgan fingerprint density at radius 2 is 2.21 bits per heavy atom. The van der Waals surface area contributed by atoms with Crippen LogP contribution in [0.4, 0.5) is 0 Å². The Hall–Kier alpha value is -1.33. The lowest BCUT2D eigenvalue weighted by atomic mass is 9.99. The van der Waals surface area contributed by atoms with Crippen LogP contribution in [-0.4, -0.2) is 23.0 Å². The number of thiophene rings is 1. The minimum absolute atomic E-state index is 0.119. The summed E-state index contributed by atoms with van der Waals surface area (Å²) in [5.74, 6) is -1.56. The topological polar surface area (TPSA) is 66.4 Å². The SMILES string of the molecule is CC[C@H](C)[C@H](NC(=O)/C=C/c1ccc(Cl)s1)C(=O)O. The second-order valence-corrected chi connectivity index (χ2v) is 5.93. The van der Waals surface area contributed by atoms with Gasteiger partial charge in [-0.1, -0.05) is 31.9 Å². The third-order valence-electron chi connectivity index (χ3n) is 2.77. The molecule has 0 aromatic carbocycles. The number of rotatable bonds is 6. The average Bonchev–Trinajstić information content (AvgIpc) is 2.78. The number of nitrogens with one attached hydrogen (secondary N) is 1. The first-order chi connectivity index (χ1) is 8.93. The first-order valence-corrected chi connectivity index (χ1v) is 7.10. The molecule has 0 unspecified atom stereocenters. The van der Waals surface area contributed by atoms with E-state index >= 15 is 0 Å². The van der Waals surface area contributed by atoms with Crippen LogP contribution in [0.2, 0.25) is 4.34 Å². The number of carbonyl (C=O) groups is 2. The molecule has 104 valence electrons. The Labute approximate surface area is 121 Å². The van der Waals surface area contributed by atoms with Crippen LogP contribution in [0.5, 0.6) is 0 Å². The van der Waals surface area contributed by atoms with Gasteiger partial charge in [0.1, 0.15) is 6.04 Å². The fourth-order valence-electron chi connectivity index (χ4n) is 1.46. The molecule has 1 amide bonds. The van der Waals surface area contributed by atoms with Crippen LogP contribution in [0.15, 0.2) is 18.2 Å². The Kier molecular flexibility index (Phi) is 6.05. The summed E-state index contributed by atoms with van der Waals surface area (Å²) in [7, 11) is 0. The molecule has 4 nitrogen and oxygen atoms in total. The molecule has 0 saturated heterocycles. The van der Waals surface area contributed by atoms with Crippen LogP contribution in [-0.2, 0) is 9.59 Å². The normalized spacial score (nSPS) is 14.3. The zero-order valence-electron chi connectivity index (χ0n) is 10.7. The summed E-state index contributed by atoms with van der Waals surface area (Å²) in [6.07, 6.45) is 3.61. The van der Waals surface area contributed by atoms with E-state index in [0.717, 1.165) is 4.88 Å². The minimum Gasteiger partial charge on any atom is -0.480 e. The molecule has 0 aliphatic rings. The van der Waals surface area contributed by atoms with Crippen molar-refractivity contribution in [2.75, 3.05) is 0 Å². The molecule has 2 N–H and O–H groups in total. The van der Waals surface area contributed by atoms with Crippen molar-refractivity contribution in [1.29, 1.82) is 0 Å². The highest BCUT2D eigenvalue weighted by Gasteiger charge is 2.24. The predicted octanol–water partition coefficient (Wildman–Crippen LogP) is 3.03. The second kappa shape index (κ2) is 7.31. The molecule has 1 rings (SSSR count). The third kappa shape index (κ3) is 5.04. The zero-order chi connectivity index (χ0) is 14.4. The quantitative estimate of drug-likeness (QED) is 0.794. The fourth-order valence-corrected chi connectivity index (χ4v) is 2.42. The van der Waals surface area contributed by atoms with E-state index in [0.29, 0.717) is 10.8 Å². The highest BCUT2D eigenvalue weighted by molar-refractivity contribution is 7.17. The highest BCUT2D eigenvalue weighted by atomic mass is 35.5.